The highest BCUT2D eigenvalue weighted by Crippen LogP contribution is 2.60. The summed E-state index contributed by atoms with van der Waals surface area (Å²) in [5, 5.41) is 29.8. The molecule has 560 valence electrons. The van der Waals surface area contributed by atoms with Crippen molar-refractivity contribution >= 4 is 58.9 Å². The number of amides is 3. The summed E-state index contributed by atoms with van der Waals surface area (Å²) in [6.07, 6.45) is 8.76. The van der Waals surface area contributed by atoms with E-state index in [9.17, 15) is 38.3 Å². The number of aromatic nitrogens is 6. The molecule has 3 amide bonds. The number of hydrogen-bond acceptors (Lipinski definition) is 13. The minimum atomic E-state index is -1.49. The Bertz CT molecular complexity index is 4130. The Balaban J connectivity index is 0.000000174. The molecule has 24 heteroatoms. The Morgan fingerprint density at radius 3 is 1.38 bits per heavy atom. The molecule has 7 aliphatic rings. The molecule has 12 rings (SSSR count). The first kappa shape index (κ1) is 79.0. The number of ether oxygens (including phenoxy) is 2. The lowest BCUT2D eigenvalue weighted by molar-refractivity contribution is -0.148. The van der Waals surface area contributed by atoms with Crippen LogP contribution in [-0.2, 0) is 40.8 Å². The van der Waals surface area contributed by atoms with Gasteiger partial charge in [0.25, 0.3) is 0 Å². The van der Waals surface area contributed by atoms with Gasteiger partial charge in [-0.15, -0.1) is 10.2 Å². The quantitative estimate of drug-likeness (QED) is 0.150. The van der Waals surface area contributed by atoms with Gasteiger partial charge in [0.15, 0.2) is 17.5 Å². The molecule has 4 fully saturated rings. The largest absolute Gasteiger partial charge is 0.481 e. The molecule has 4 aliphatic heterocycles. The predicted octanol–water partition coefficient (Wildman–Crippen LogP) is 17.3. The van der Waals surface area contributed by atoms with Crippen LogP contribution in [0.2, 0.25) is 15.1 Å². The van der Waals surface area contributed by atoms with Crippen LogP contribution < -0.4 is 0 Å². The monoisotopic (exact) mass is 1480 g/mol. The normalized spacial score (nSPS) is 22.3. The van der Waals surface area contributed by atoms with Crippen LogP contribution in [0.5, 0.6) is 0 Å². The smallest absolute Gasteiger partial charge is 0.410 e. The number of carboxylic acid groups (broad SMARTS) is 1. The van der Waals surface area contributed by atoms with E-state index in [1.165, 1.54) is 6.07 Å². The fourth-order valence-electron chi connectivity index (χ4n) is 17.4. The van der Waals surface area contributed by atoms with Crippen molar-refractivity contribution in [1.82, 2.24) is 49.3 Å². The fourth-order valence-corrected chi connectivity index (χ4v) is 17.9. The van der Waals surface area contributed by atoms with E-state index in [-0.39, 0.29) is 68.7 Å². The van der Waals surface area contributed by atoms with Crippen molar-refractivity contribution in [3.05, 3.63) is 131 Å². The number of rotatable bonds is 7. The average Bonchev–Trinajstić information content (AvgIpc) is 1.59. The van der Waals surface area contributed by atoms with Gasteiger partial charge < -0.3 is 33.8 Å². The number of aliphatic carboxylic acids is 1. The molecule has 4 aromatic heterocycles. The molecular formula is C79H105Cl3F3N11O7. The van der Waals surface area contributed by atoms with Crippen LogP contribution in [-0.4, -0.2) is 148 Å². The van der Waals surface area contributed by atoms with E-state index in [1.54, 1.807) is 30.0 Å². The van der Waals surface area contributed by atoms with E-state index >= 15 is 4.39 Å². The van der Waals surface area contributed by atoms with Gasteiger partial charge in [-0.1, -0.05) is 40.9 Å². The lowest BCUT2D eigenvalue weighted by atomic mass is 9.70. The number of piperidine rings is 4. The highest BCUT2D eigenvalue weighted by atomic mass is 35.5. The van der Waals surface area contributed by atoms with Crippen molar-refractivity contribution < 1.29 is 46.9 Å². The van der Waals surface area contributed by atoms with Crippen LogP contribution >= 0.6 is 34.8 Å². The SMILES string of the molecule is Cc1nc2c(cc1Cl)[C@H](C(C)(C)C#N)CC21CCN(C(=O)OC(C)(C)C)CC1.Cc1nc2c(cc1Cl)[C@H](C(C)(C)C(=O)O)CC21CCN(C(=O)OC(C)(C)C)CC1.Cc1nc2c(cc1Cl)[C@H](C(C)(C)n1cnnc1C)CC21CCN(C(=O)[C@@H]2CCN(C(C)(C)C)C[C@H]2c2ccc(F)c(F)c2F)CC1. The minimum Gasteiger partial charge on any atom is -0.481 e. The average molecular weight is 1480 g/mol. The van der Waals surface area contributed by atoms with Gasteiger partial charge in [0.2, 0.25) is 5.91 Å². The number of aryl methyl sites for hydroxylation is 4. The van der Waals surface area contributed by atoms with Crippen LogP contribution in [0.1, 0.15) is 254 Å². The maximum Gasteiger partial charge on any atom is 0.410 e. The maximum atomic E-state index is 15.2. The summed E-state index contributed by atoms with van der Waals surface area (Å²) in [6, 6.07) is 10.7. The molecular weight excluding hydrogens is 1380 g/mol. The second-order valence-corrected chi connectivity index (χ2v) is 36.2. The lowest BCUT2D eigenvalue weighted by Gasteiger charge is -2.47. The first-order valence-electron chi connectivity index (χ1n) is 36.4. The third-order valence-electron chi connectivity index (χ3n) is 23.9. The zero-order valence-corrected chi connectivity index (χ0v) is 65.9. The van der Waals surface area contributed by atoms with Crippen molar-refractivity contribution in [2.24, 2.45) is 16.7 Å². The molecule has 1 aromatic carbocycles. The Labute approximate surface area is 621 Å². The maximum absolute atomic E-state index is 15.2. The number of pyridine rings is 3. The molecule has 5 aromatic rings. The van der Waals surface area contributed by atoms with Gasteiger partial charge in [0.1, 0.15) is 23.4 Å². The van der Waals surface area contributed by atoms with E-state index in [0.29, 0.717) is 80.3 Å². The highest BCUT2D eigenvalue weighted by molar-refractivity contribution is 6.32. The standard InChI is InChI=1S/C35H44ClF3N6O.C22H30ClN3O2.C22H31ClN2O4/c1-20-27(36)16-24-26(34(6,7)45-19-40-42-21(45)2)17-35(31(24)41-20)11-14-43(15-12-35)32(46)23-10-13-44(33(3,4)5)18-25(23)22-8-9-28(37)30(39)29(22)38;1-14-17(23)11-15-16(21(5,6)13-24)12-22(18(15)25-14)7-9-26(10-8-22)19(27)28-20(2,3)4;1-13-16(23)11-14-15(21(5,6)18(26)27)12-22(17(14)24-13)7-9-25(10-8-22)19(28)29-20(2,3)4/h8-9,16,19,23,25-26H,10-15,17-18H2,1-7H3;11,16H,7-10,12H2,1-6H3;11,15H,7-10,12H2,1-6H3,(H,26,27)/t23-,25+,26-;16-;15-/m111/s1. The summed E-state index contributed by atoms with van der Waals surface area (Å²) >= 11 is 19.4. The van der Waals surface area contributed by atoms with Gasteiger partial charge in [-0.05, 0) is 249 Å². The van der Waals surface area contributed by atoms with E-state index in [2.05, 4.69) is 66.4 Å². The minimum absolute atomic E-state index is 0.0481. The Hall–Kier alpha value is -6.60. The van der Waals surface area contributed by atoms with Crippen LogP contribution in [0.25, 0.3) is 0 Å². The number of carbonyl (C=O) groups excluding carboxylic acids is 3. The predicted molar refractivity (Wildman–Crippen MR) is 392 cm³/mol. The summed E-state index contributed by atoms with van der Waals surface area (Å²) < 4.78 is 56.8. The van der Waals surface area contributed by atoms with Gasteiger partial charge in [-0.3, -0.25) is 29.4 Å². The summed E-state index contributed by atoms with van der Waals surface area (Å²) in [4.78, 5) is 73.6. The molecule has 103 heavy (non-hydrogen) atoms. The van der Waals surface area contributed by atoms with Gasteiger partial charge in [0.05, 0.1) is 66.1 Å². The molecule has 3 aliphatic carbocycles. The topological polar surface area (TPSA) is 213 Å². The van der Waals surface area contributed by atoms with E-state index in [1.807, 2.05) is 100 Å². The van der Waals surface area contributed by atoms with E-state index < -0.39 is 57.3 Å². The van der Waals surface area contributed by atoms with Crippen molar-refractivity contribution in [3.8, 4) is 6.07 Å². The van der Waals surface area contributed by atoms with Crippen LogP contribution in [0.3, 0.4) is 0 Å². The molecule has 0 unspecified atom stereocenters. The van der Waals surface area contributed by atoms with Gasteiger partial charge in [0, 0.05) is 103 Å². The van der Waals surface area contributed by atoms with E-state index in [4.69, 9.17) is 59.2 Å². The summed E-state index contributed by atoms with van der Waals surface area (Å²) in [7, 11) is 0. The molecule has 3 spiro atoms. The van der Waals surface area contributed by atoms with Gasteiger partial charge in [-0.25, -0.2) is 22.8 Å². The van der Waals surface area contributed by atoms with Crippen LogP contribution in [0, 0.1) is 73.2 Å². The number of likely N-dealkylation sites (tertiary alicyclic amines) is 4. The van der Waals surface area contributed by atoms with E-state index in [0.717, 1.165) is 114 Å². The van der Waals surface area contributed by atoms with Crippen molar-refractivity contribution in [2.45, 2.75) is 258 Å². The van der Waals surface area contributed by atoms with Gasteiger partial charge in [-0.2, -0.15) is 5.26 Å². The molecule has 0 saturated carbocycles. The molecule has 4 saturated heterocycles. The number of carboxylic acids is 1. The first-order chi connectivity index (χ1) is 47.7. The third-order valence-corrected chi connectivity index (χ3v) is 25.0. The Morgan fingerprint density at radius 2 is 0.981 bits per heavy atom. The zero-order chi connectivity index (χ0) is 76.0. The second-order valence-electron chi connectivity index (χ2n) is 35.0. The lowest BCUT2D eigenvalue weighted by Crippen LogP contribution is -2.54. The second kappa shape index (κ2) is 28.6. The number of halogens is 6. The number of nitrogens with zero attached hydrogens (tertiary/aromatic N) is 11. The molecule has 0 radical (unpaired) electrons. The fraction of sp³-hybridized carbons (Fsp3) is 0.646. The number of nitriles is 1. The zero-order valence-electron chi connectivity index (χ0n) is 63.7. The van der Waals surface area contributed by atoms with Gasteiger partial charge >= 0.3 is 18.2 Å². The number of fused-ring (bicyclic) bond motifs is 6. The van der Waals surface area contributed by atoms with Crippen LogP contribution in [0.4, 0.5) is 22.8 Å². The molecule has 5 atom stereocenters. The van der Waals surface area contributed by atoms with Crippen molar-refractivity contribution in [1.29, 1.82) is 5.26 Å². The van der Waals surface area contributed by atoms with Crippen molar-refractivity contribution in [3.63, 3.8) is 0 Å². The first-order valence-corrected chi connectivity index (χ1v) is 37.5. The molecule has 1 N–H and O–H groups in total. The summed E-state index contributed by atoms with van der Waals surface area (Å²) in [5.41, 5.74) is 5.12. The number of carbonyl (C=O) groups is 4. The summed E-state index contributed by atoms with van der Waals surface area (Å²) in [6.45, 7) is 41.6. The van der Waals surface area contributed by atoms with Crippen LogP contribution in [0.15, 0.2) is 36.7 Å². The Kier molecular flexibility index (Phi) is 21.9. The third kappa shape index (κ3) is 15.5. The molecule has 18 nitrogen and oxygen atoms in total. The summed E-state index contributed by atoms with van der Waals surface area (Å²) in [5.74, 6) is -5.06. The Morgan fingerprint density at radius 1 is 0.573 bits per heavy atom. The molecule has 0 bridgehead atoms. The molecule has 8 heterocycles. The number of benzene rings is 1. The highest BCUT2D eigenvalue weighted by Gasteiger charge is 2.57. The van der Waals surface area contributed by atoms with Crippen molar-refractivity contribution in [2.75, 3.05) is 52.4 Å². The number of hydrogen-bond donors (Lipinski definition) is 1.